The molecule has 6 nitrogen and oxygen atoms in total. The van der Waals surface area contributed by atoms with Crippen LogP contribution in [-0.4, -0.2) is 39.1 Å². The molecule has 0 aliphatic rings. The van der Waals surface area contributed by atoms with Crippen molar-refractivity contribution in [3.05, 3.63) is 60.4 Å². The third kappa shape index (κ3) is 4.11. The van der Waals surface area contributed by atoms with E-state index in [-0.39, 0.29) is 5.91 Å². The first kappa shape index (κ1) is 18.1. The van der Waals surface area contributed by atoms with Crippen molar-refractivity contribution in [2.45, 2.75) is 24.3 Å². The highest BCUT2D eigenvalue weighted by molar-refractivity contribution is 8.00. The van der Waals surface area contributed by atoms with Crippen molar-refractivity contribution in [2.24, 2.45) is 0 Å². The van der Waals surface area contributed by atoms with Crippen LogP contribution in [0, 0.1) is 0 Å². The number of rotatable bonds is 7. The van der Waals surface area contributed by atoms with Crippen molar-refractivity contribution < 1.29 is 9.21 Å². The first-order valence-electron chi connectivity index (χ1n) is 8.47. The lowest BCUT2D eigenvalue weighted by atomic mass is 10.1. The molecule has 0 bridgehead atoms. The van der Waals surface area contributed by atoms with Crippen LogP contribution in [-0.2, 0) is 4.79 Å². The quantitative estimate of drug-likeness (QED) is 0.590. The van der Waals surface area contributed by atoms with Crippen molar-refractivity contribution in [2.75, 3.05) is 13.1 Å². The third-order valence-corrected chi connectivity index (χ3v) is 5.01. The molecule has 1 aromatic carbocycles. The lowest BCUT2D eigenvalue weighted by Crippen LogP contribution is -2.33. The van der Waals surface area contributed by atoms with Gasteiger partial charge in [-0.25, -0.2) is 0 Å². The van der Waals surface area contributed by atoms with E-state index in [4.69, 9.17) is 4.42 Å². The molecular weight excluding hydrogens is 348 g/mol. The lowest BCUT2D eigenvalue weighted by molar-refractivity contribution is -0.130. The Balaban J connectivity index is 1.87. The number of carbonyl (C=O) groups is 1. The van der Waals surface area contributed by atoms with E-state index in [0.717, 1.165) is 11.1 Å². The summed E-state index contributed by atoms with van der Waals surface area (Å²) in [7, 11) is 0. The van der Waals surface area contributed by atoms with Crippen LogP contribution >= 0.6 is 11.8 Å². The number of amides is 1. The van der Waals surface area contributed by atoms with Crippen LogP contribution in [0.3, 0.4) is 0 Å². The van der Waals surface area contributed by atoms with E-state index in [1.54, 1.807) is 12.4 Å². The first-order valence-corrected chi connectivity index (χ1v) is 9.35. The molecule has 0 spiro atoms. The number of likely N-dealkylation sites (N-methyl/N-ethyl adjacent to an activating group) is 1. The van der Waals surface area contributed by atoms with Gasteiger partial charge in [-0.3, -0.25) is 9.78 Å². The monoisotopic (exact) mass is 368 g/mol. The van der Waals surface area contributed by atoms with Crippen LogP contribution in [0.4, 0.5) is 0 Å². The van der Waals surface area contributed by atoms with Gasteiger partial charge in [0.15, 0.2) is 0 Å². The minimum atomic E-state index is -0.432. The molecule has 0 aliphatic heterocycles. The van der Waals surface area contributed by atoms with Gasteiger partial charge in [-0.15, -0.1) is 10.2 Å². The lowest BCUT2D eigenvalue weighted by Gasteiger charge is -2.24. The Bertz CT molecular complexity index is 835. The van der Waals surface area contributed by atoms with Gasteiger partial charge in [0.05, 0.1) is 5.56 Å². The molecule has 0 N–H and O–H groups in total. The Kier molecular flexibility index (Phi) is 6.01. The van der Waals surface area contributed by atoms with E-state index in [2.05, 4.69) is 15.2 Å². The maximum absolute atomic E-state index is 13.0. The summed E-state index contributed by atoms with van der Waals surface area (Å²) in [6.45, 7) is 5.26. The summed E-state index contributed by atoms with van der Waals surface area (Å²) in [4.78, 5) is 18.9. The van der Waals surface area contributed by atoms with Gasteiger partial charge in [0.25, 0.3) is 5.22 Å². The standard InChI is InChI=1S/C19H20N4O2S/c1-3-23(4-2)18(24)16(14-9-6-5-7-10-14)26-19-22-21-17(25-19)15-11-8-12-20-13-15/h5-13,16H,3-4H2,1-2H3/t16-/m0/s1. The number of carbonyl (C=O) groups excluding carboxylic acids is 1. The number of thioether (sulfide) groups is 1. The Morgan fingerprint density at radius 2 is 1.88 bits per heavy atom. The molecule has 2 aromatic heterocycles. The van der Waals surface area contributed by atoms with Crippen LogP contribution < -0.4 is 0 Å². The number of hydrogen-bond acceptors (Lipinski definition) is 6. The van der Waals surface area contributed by atoms with Gasteiger partial charge in [-0.05, 0) is 43.3 Å². The van der Waals surface area contributed by atoms with Gasteiger partial charge < -0.3 is 9.32 Å². The molecule has 3 aromatic rings. The van der Waals surface area contributed by atoms with Gasteiger partial charge >= 0.3 is 0 Å². The zero-order chi connectivity index (χ0) is 18.4. The van der Waals surface area contributed by atoms with Crippen LogP contribution in [0.5, 0.6) is 0 Å². The first-order chi connectivity index (χ1) is 12.7. The van der Waals surface area contributed by atoms with Gasteiger partial charge in [0.2, 0.25) is 11.8 Å². The van der Waals surface area contributed by atoms with Crippen molar-refractivity contribution in [3.63, 3.8) is 0 Å². The molecule has 1 atom stereocenters. The second-order valence-electron chi connectivity index (χ2n) is 5.53. The highest BCUT2D eigenvalue weighted by Gasteiger charge is 2.28. The van der Waals surface area contributed by atoms with Gasteiger partial charge in [0.1, 0.15) is 5.25 Å². The van der Waals surface area contributed by atoms with E-state index >= 15 is 0 Å². The molecule has 1 amide bonds. The maximum Gasteiger partial charge on any atom is 0.277 e. The SMILES string of the molecule is CCN(CC)C(=O)[C@@H](Sc1nnc(-c2cccnc2)o1)c1ccccc1. The number of aromatic nitrogens is 3. The molecule has 0 radical (unpaired) electrons. The van der Waals surface area contributed by atoms with E-state index in [0.29, 0.717) is 24.2 Å². The summed E-state index contributed by atoms with van der Waals surface area (Å²) in [5.41, 5.74) is 1.66. The number of pyridine rings is 1. The minimum Gasteiger partial charge on any atom is -0.411 e. The van der Waals surface area contributed by atoms with Crippen LogP contribution in [0.1, 0.15) is 24.7 Å². The normalized spacial score (nSPS) is 11.9. The van der Waals surface area contributed by atoms with Crippen molar-refractivity contribution in [3.8, 4) is 11.5 Å². The van der Waals surface area contributed by atoms with Crippen LogP contribution in [0.2, 0.25) is 0 Å². The molecule has 134 valence electrons. The third-order valence-electron chi connectivity index (χ3n) is 3.94. The topological polar surface area (TPSA) is 72.1 Å². The van der Waals surface area contributed by atoms with Crippen molar-refractivity contribution in [1.82, 2.24) is 20.1 Å². The summed E-state index contributed by atoms with van der Waals surface area (Å²) >= 11 is 1.27. The summed E-state index contributed by atoms with van der Waals surface area (Å²) in [5, 5.41) is 8.10. The molecule has 26 heavy (non-hydrogen) atoms. The molecule has 7 heteroatoms. The highest BCUT2D eigenvalue weighted by atomic mass is 32.2. The molecule has 0 saturated heterocycles. The molecule has 0 unspecified atom stereocenters. The second kappa shape index (κ2) is 8.62. The van der Waals surface area contributed by atoms with Gasteiger partial charge in [-0.2, -0.15) is 0 Å². The molecule has 0 fully saturated rings. The fraction of sp³-hybridized carbons (Fsp3) is 0.263. The summed E-state index contributed by atoms with van der Waals surface area (Å²) < 4.78 is 5.75. The van der Waals surface area contributed by atoms with E-state index in [9.17, 15) is 4.79 Å². The fourth-order valence-electron chi connectivity index (χ4n) is 2.55. The van der Waals surface area contributed by atoms with E-state index in [1.165, 1.54) is 11.8 Å². The molecular formula is C19H20N4O2S. The zero-order valence-electron chi connectivity index (χ0n) is 14.7. The van der Waals surface area contributed by atoms with Gasteiger partial charge in [-0.1, -0.05) is 30.3 Å². The Hall–Kier alpha value is -2.67. The molecule has 3 rings (SSSR count). The molecule has 2 heterocycles. The predicted molar refractivity (Wildman–Crippen MR) is 100 cm³/mol. The fourth-order valence-corrected chi connectivity index (χ4v) is 3.51. The van der Waals surface area contributed by atoms with E-state index in [1.807, 2.05) is 61.2 Å². The Labute approximate surface area is 156 Å². The largest absolute Gasteiger partial charge is 0.411 e. The number of nitrogens with zero attached hydrogens (tertiary/aromatic N) is 4. The molecule has 0 aliphatic carbocycles. The number of hydrogen-bond donors (Lipinski definition) is 0. The van der Waals surface area contributed by atoms with E-state index < -0.39 is 5.25 Å². The Morgan fingerprint density at radius 1 is 1.12 bits per heavy atom. The van der Waals surface area contributed by atoms with Gasteiger partial charge in [0, 0.05) is 25.5 Å². The van der Waals surface area contributed by atoms with Crippen molar-refractivity contribution >= 4 is 17.7 Å². The summed E-state index contributed by atoms with van der Waals surface area (Å²) in [6.07, 6.45) is 3.35. The Morgan fingerprint density at radius 3 is 2.54 bits per heavy atom. The summed E-state index contributed by atoms with van der Waals surface area (Å²) in [5.74, 6) is 0.426. The van der Waals surface area contributed by atoms with Crippen LogP contribution in [0.25, 0.3) is 11.5 Å². The second-order valence-corrected chi connectivity index (χ2v) is 6.59. The average Bonchev–Trinajstić information content (AvgIpc) is 3.17. The number of benzene rings is 1. The predicted octanol–water partition coefficient (Wildman–Crippen LogP) is 3.83. The smallest absolute Gasteiger partial charge is 0.277 e. The highest BCUT2D eigenvalue weighted by Crippen LogP contribution is 2.37. The minimum absolute atomic E-state index is 0.0346. The maximum atomic E-state index is 13.0. The zero-order valence-corrected chi connectivity index (χ0v) is 15.5. The summed E-state index contributed by atoms with van der Waals surface area (Å²) in [6, 6.07) is 13.3. The van der Waals surface area contributed by atoms with Crippen LogP contribution in [0.15, 0.2) is 64.5 Å². The van der Waals surface area contributed by atoms with Crippen molar-refractivity contribution in [1.29, 1.82) is 0 Å². The average molecular weight is 368 g/mol. The molecule has 0 saturated carbocycles.